The third-order valence-corrected chi connectivity index (χ3v) is 4.23. The number of anilines is 1. The molecule has 1 amide bonds. The third kappa shape index (κ3) is 4.87. The van der Waals surface area contributed by atoms with Crippen LogP contribution in [-0.2, 0) is 17.6 Å². The second kappa shape index (κ2) is 7.31. The predicted octanol–water partition coefficient (Wildman–Crippen LogP) is 3.28. The van der Waals surface area contributed by atoms with Gasteiger partial charge in [0.05, 0.1) is 4.34 Å². The molecule has 0 aliphatic carbocycles. The van der Waals surface area contributed by atoms with Crippen LogP contribution in [0.25, 0.3) is 0 Å². The van der Waals surface area contributed by atoms with Crippen molar-refractivity contribution >= 4 is 34.5 Å². The molecule has 5 heteroatoms. The van der Waals surface area contributed by atoms with E-state index in [0.717, 1.165) is 27.7 Å². The van der Waals surface area contributed by atoms with Crippen LogP contribution in [0.4, 0.5) is 5.69 Å². The molecule has 106 valence electrons. The Balaban J connectivity index is 1.66. The summed E-state index contributed by atoms with van der Waals surface area (Å²) in [6, 6.07) is 11.5. The fraction of sp³-hybridized carbons (Fsp3) is 0.267. The molecule has 2 rings (SSSR count). The molecule has 1 heterocycles. The Morgan fingerprint density at radius 1 is 1.15 bits per heavy atom. The summed E-state index contributed by atoms with van der Waals surface area (Å²) in [7, 11) is 0. The minimum atomic E-state index is 0.0740. The fourth-order valence-corrected chi connectivity index (χ4v) is 2.93. The van der Waals surface area contributed by atoms with Crippen molar-refractivity contribution in [2.45, 2.75) is 19.3 Å². The van der Waals surface area contributed by atoms with Crippen LogP contribution in [0.1, 0.15) is 16.9 Å². The lowest BCUT2D eigenvalue weighted by atomic mass is 10.1. The van der Waals surface area contributed by atoms with E-state index in [1.54, 1.807) is 0 Å². The maximum atomic E-state index is 11.7. The van der Waals surface area contributed by atoms with Crippen LogP contribution in [0, 0.1) is 0 Å². The maximum Gasteiger partial charge on any atom is 0.220 e. The van der Waals surface area contributed by atoms with Crippen LogP contribution in [0.3, 0.4) is 0 Å². The topological polar surface area (TPSA) is 55.1 Å². The maximum absolute atomic E-state index is 11.7. The van der Waals surface area contributed by atoms with E-state index in [2.05, 4.69) is 5.32 Å². The number of amides is 1. The first-order chi connectivity index (χ1) is 9.63. The first-order valence-electron chi connectivity index (χ1n) is 6.49. The van der Waals surface area contributed by atoms with Crippen molar-refractivity contribution in [2.24, 2.45) is 0 Å². The van der Waals surface area contributed by atoms with Crippen LogP contribution < -0.4 is 11.1 Å². The minimum absolute atomic E-state index is 0.0740. The molecule has 3 N–H and O–H groups in total. The molecular weight excluding hydrogens is 292 g/mol. The molecule has 0 aliphatic heterocycles. The number of thiophene rings is 1. The Hall–Kier alpha value is -1.52. The number of aryl methyl sites for hydroxylation is 1. The van der Waals surface area contributed by atoms with Gasteiger partial charge in [-0.3, -0.25) is 4.79 Å². The third-order valence-electron chi connectivity index (χ3n) is 2.94. The predicted molar refractivity (Wildman–Crippen MR) is 85.2 cm³/mol. The van der Waals surface area contributed by atoms with E-state index in [1.165, 1.54) is 16.9 Å². The molecule has 0 atom stereocenters. The van der Waals surface area contributed by atoms with E-state index >= 15 is 0 Å². The molecule has 0 spiro atoms. The quantitative estimate of drug-likeness (QED) is 0.805. The molecule has 2 aromatic rings. The van der Waals surface area contributed by atoms with Crippen LogP contribution in [0.2, 0.25) is 4.34 Å². The number of nitrogens with one attached hydrogen (secondary N) is 1. The van der Waals surface area contributed by atoms with Gasteiger partial charge in [0.1, 0.15) is 0 Å². The number of nitrogen functional groups attached to an aromatic ring is 1. The first-order valence-corrected chi connectivity index (χ1v) is 7.68. The van der Waals surface area contributed by atoms with E-state index in [9.17, 15) is 4.79 Å². The van der Waals surface area contributed by atoms with E-state index in [0.29, 0.717) is 13.0 Å². The second-order valence-corrected chi connectivity index (χ2v) is 6.35. The molecule has 0 fully saturated rings. The highest BCUT2D eigenvalue weighted by Gasteiger charge is 2.04. The van der Waals surface area contributed by atoms with Crippen LogP contribution in [-0.4, -0.2) is 12.5 Å². The Kier molecular flexibility index (Phi) is 5.44. The van der Waals surface area contributed by atoms with Gasteiger partial charge in [-0.15, -0.1) is 11.3 Å². The lowest BCUT2D eigenvalue weighted by molar-refractivity contribution is -0.121. The Bertz CT molecular complexity index is 566. The standard InChI is InChI=1S/C15H17ClN2OS/c16-14-7-5-13(20-14)6-8-15(19)18-10-9-11-1-3-12(17)4-2-11/h1-5,7H,6,8-10,17H2,(H,18,19). The molecule has 0 saturated carbocycles. The summed E-state index contributed by atoms with van der Waals surface area (Å²) in [5, 5.41) is 2.92. The number of rotatable bonds is 6. The SMILES string of the molecule is Nc1ccc(CCNC(=O)CCc2ccc(Cl)s2)cc1. The van der Waals surface area contributed by atoms with Gasteiger partial charge in [-0.25, -0.2) is 0 Å². The summed E-state index contributed by atoms with van der Waals surface area (Å²) < 4.78 is 0.767. The highest BCUT2D eigenvalue weighted by atomic mass is 35.5. The average molecular weight is 309 g/mol. The van der Waals surface area contributed by atoms with Gasteiger partial charge < -0.3 is 11.1 Å². The molecule has 0 unspecified atom stereocenters. The number of hydrogen-bond donors (Lipinski definition) is 2. The van der Waals surface area contributed by atoms with Gasteiger partial charge in [-0.2, -0.15) is 0 Å². The zero-order chi connectivity index (χ0) is 14.4. The van der Waals surface area contributed by atoms with Crippen molar-refractivity contribution < 1.29 is 4.79 Å². The van der Waals surface area contributed by atoms with E-state index in [1.807, 2.05) is 36.4 Å². The molecule has 1 aromatic heterocycles. The van der Waals surface area contributed by atoms with Gasteiger partial charge in [0.25, 0.3) is 0 Å². The molecule has 1 aromatic carbocycles. The number of carbonyl (C=O) groups is 1. The Morgan fingerprint density at radius 3 is 2.55 bits per heavy atom. The van der Waals surface area contributed by atoms with Gasteiger partial charge >= 0.3 is 0 Å². The van der Waals surface area contributed by atoms with Gasteiger partial charge in [0.15, 0.2) is 0 Å². The summed E-state index contributed by atoms with van der Waals surface area (Å²) in [4.78, 5) is 12.9. The smallest absolute Gasteiger partial charge is 0.220 e. The van der Waals surface area contributed by atoms with Crippen molar-refractivity contribution in [2.75, 3.05) is 12.3 Å². The highest BCUT2D eigenvalue weighted by molar-refractivity contribution is 7.16. The molecule has 0 radical (unpaired) electrons. The molecule has 0 saturated heterocycles. The summed E-state index contributed by atoms with van der Waals surface area (Å²) in [6.07, 6.45) is 2.06. The van der Waals surface area contributed by atoms with Gasteiger partial charge in [-0.1, -0.05) is 23.7 Å². The summed E-state index contributed by atoms with van der Waals surface area (Å²) in [5.74, 6) is 0.0740. The monoisotopic (exact) mass is 308 g/mol. The number of nitrogens with two attached hydrogens (primary N) is 1. The molecule has 0 aliphatic rings. The van der Waals surface area contributed by atoms with E-state index < -0.39 is 0 Å². The van der Waals surface area contributed by atoms with Crippen molar-refractivity contribution in [3.8, 4) is 0 Å². The van der Waals surface area contributed by atoms with Crippen molar-refractivity contribution in [3.05, 3.63) is 51.2 Å². The normalized spacial score (nSPS) is 10.4. The van der Waals surface area contributed by atoms with Crippen molar-refractivity contribution in [1.82, 2.24) is 5.32 Å². The van der Waals surface area contributed by atoms with Crippen LogP contribution in [0.5, 0.6) is 0 Å². The highest BCUT2D eigenvalue weighted by Crippen LogP contribution is 2.22. The largest absolute Gasteiger partial charge is 0.399 e. The zero-order valence-electron chi connectivity index (χ0n) is 11.1. The summed E-state index contributed by atoms with van der Waals surface area (Å²) >= 11 is 7.37. The van der Waals surface area contributed by atoms with Crippen molar-refractivity contribution in [1.29, 1.82) is 0 Å². The summed E-state index contributed by atoms with van der Waals surface area (Å²) in [5.41, 5.74) is 7.55. The number of benzene rings is 1. The van der Waals surface area contributed by atoms with Crippen LogP contribution in [0.15, 0.2) is 36.4 Å². The number of hydrogen-bond acceptors (Lipinski definition) is 3. The van der Waals surface area contributed by atoms with E-state index in [-0.39, 0.29) is 5.91 Å². The molecule has 20 heavy (non-hydrogen) atoms. The lowest BCUT2D eigenvalue weighted by Crippen LogP contribution is -2.25. The lowest BCUT2D eigenvalue weighted by Gasteiger charge is -2.05. The van der Waals surface area contributed by atoms with Gasteiger partial charge in [0, 0.05) is 23.5 Å². The van der Waals surface area contributed by atoms with Gasteiger partial charge in [-0.05, 0) is 42.7 Å². The molecule has 0 bridgehead atoms. The number of halogens is 1. The molecular formula is C15H17ClN2OS. The first kappa shape index (κ1) is 14.9. The van der Waals surface area contributed by atoms with E-state index in [4.69, 9.17) is 17.3 Å². The average Bonchev–Trinajstić information content (AvgIpc) is 2.85. The Labute approximate surface area is 127 Å². The Morgan fingerprint density at radius 2 is 1.90 bits per heavy atom. The zero-order valence-corrected chi connectivity index (χ0v) is 12.6. The fourth-order valence-electron chi connectivity index (χ4n) is 1.84. The molecule has 3 nitrogen and oxygen atoms in total. The van der Waals surface area contributed by atoms with Gasteiger partial charge in [0.2, 0.25) is 5.91 Å². The van der Waals surface area contributed by atoms with Crippen LogP contribution >= 0.6 is 22.9 Å². The van der Waals surface area contributed by atoms with Crippen molar-refractivity contribution in [3.63, 3.8) is 0 Å². The summed E-state index contributed by atoms with van der Waals surface area (Å²) in [6.45, 7) is 0.647. The second-order valence-electron chi connectivity index (χ2n) is 4.55. The number of carbonyl (C=O) groups excluding carboxylic acids is 1. The minimum Gasteiger partial charge on any atom is -0.399 e.